The highest BCUT2D eigenvalue weighted by Gasteiger charge is 2.37. The Kier molecular flexibility index (Phi) is 5.31. The molecule has 0 spiro atoms. The van der Waals surface area contributed by atoms with E-state index in [1.54, 1.807) is 16.5 Å². The maximum absolute atomic E-state index is 13.6. The summed E-state index contributed by atoms with van der Waals surface area (Å²) in [5.41, 5.74) is 5.05. The summed E-state index contributed by atoms with van der Waals surface area (Å²) < 4.78 is 0. The minimum atomic E-state index is -0.772. The van der Waals surface area contributed by atoms with Gasteiger partial charge >= 0.3 is 0 Å². The fourth-order valence-electron chi connectivity index (χ4n) is 4.51. The number of benzene rings is 3. The maximum Gasteiger partial charge on any atom is 0.255 e. The molecule has 0 bridgehead atoms. The molecule has 3 heterocycles. The van der Waals surface area contributed by atoms with Gasteiger partial charge in [-0.2, -0.15) is 0 Å². The number of carbonyl (C=O) groups is 2. The third-order valence-corrected chi connectivity index (χ3v) is 6.89. The molecular formula is C28H20N4O2S. The van der Waals surface area contributed by atoms with Crippen LogP contribution in [0.15, 0.2) is 96.6 Å². The van der Waals surface area contributed by atoms with Crippen molar-refractivity contribution in [1.29, 1.82) is 0 Å². The molecule has 2 aromatic heterocycles. The third-order valence-electron chi connectivity index (χ3n) is 6.20. The van der Waals surface area contributed by atoms with Crippen LogP contribution in [0.2, 0.25) is 0 Å². The number of aromatic nitrogens is 2. The number of anilines is 1. The van der Waals surface area contributed by atoms with E-state index < -0.39 is 6.04 Å². The largest absolute Gasteiger partial charge is 0.318 e. The number of hydrogen-bond donors (Lipinski definition) is 1. The molecule has 0 fully saturated rings. The van der Waals surface area contributed by atoms with E-state index in [9.17, 15) is 9.59 Å². The number of pyridine rings is 1. The van der Waals surface area contributed by atoms with E-state index in [0.29, 0.717) is 17.2 Å². The van der Waals surface area contributed by atoms with Gasteiger partial charge in [0.2, 0.25) is 0 Å². The minimum Gasteiger partial charge on any atom is -0.318 e. The van der Waals surface area contributed by atoms with Crippen molar-refractivity contribution >= 4 is 39.2 Å². The number of carbonyl (C=O) groups excluding carboxylic acids is 2. The molecule has 1 aliphatic heterocycles. The van der Waals surface area contributed by atoms with Crippen molar-refractivity contribution in [2.24, 2.45) is 0 Å². The minimum absolute atomic E-state index is 0.168. The molecule has 1 aliphatic rings. The second-order valence-corrected chi connectivity index (χ2v) is 9.26. The van der Waals surface area contributed by atoms with Crippen LogP contribution in [0, 0.1) is 0 Å². The van der Waals surface area contributed by atoms with Crippen LogP contribution in [0.3, 0.4) is 0 Å². The first kappa shape index (κ1) is 21.2. The van der Waals surface area contributed by atoms with Crippen molar-refractivity contribution in [3.8, 4) is 11.1 Å². The lowest BCUT2D eigenvalue weighted by Gasteiger charge is -2.27. The van der Waals surface area contributed by atoms with E-state index in [0.717, 1.165) is 33.2 Å². The number of amides is 2. The summed E-state index contributed by atoms with van der Waals surface area (Å²) in [6, 6.07) is 24.5. The summed E-state index contributed by atoms with van der Waals surface area (Å²) in [4.78, 5) is 37.3. The molecule has 3 aromatic carbocycles. The van der Waals surface area contributed by atoms with Gasteiger partial charge < -0.3 is 4.90 Å². The maximum atomic E-state index is 13.6. The second kappa shape index (κ2) is 8.77. The zero-order chi connectivity index (χ0) is 23.8. The summed E-state index contributed by atoms with van der Waals surface area (Å²) in [7, 11) is 0. The van der Waals surface area contributed by atoms with Crippen LogP contribution in [0.25, 0.3) is 22.0 Å². The molecule has 0 aliphatic carbocycles. The van der Waals surface area contributed by atoms with Crippen LogP contribution in [0.5, 0.6) is 0 Å². The lowest BCUT2D eigenvalue weighted by Crippen LogP contribution is -2.37. The standard InChI is InChI=1S/C28H20N4O2S/c33-26(31-28-29-12-13-35-28)25(18-6-2-1-3-7-18)32-17-21-11-10-19(15-23(21)27(32)34)22-14-20-8-4-5-9-24(20)30-16-22/h1-16,25H,17H2,(H,29,31,33)/t25-/m1/s1. The molecule has 7 heteroatoms. The van der Waals surface area contributed by atoms with E-state index >= 15 is 0 Å². The summed E-state index contributed by atoms with van der Waals surface area (Å²) in [6.07, 6.45) is 3.47. The van der Waals surface area contributed by atoms with Gasteiger partial charge in [0, 0.05) is 40.8 Å². The zero-order valence-corrected chi connectivity index (χ0v) is 19.4. The number of para-hydroxylation sites is 1. The van der Waals surface area contributed by atoms with Crippen molar-refractivity contribution in [1.82, 2.24) is 14.9 Å². The van der Waals surface area contributed by atoms with Crippen molar-refractivity contribution in [2.75, 3.05) is 5.32 Å². The first-order chi connectivity index (χ1) is 17.2. The van der Waals surface area contributed by atoms with Crippen LogP contribution in [0.1, 0.15) is 27.5 Å². The number of hydrogen-bond acceptors (Lipinski definition) is 5. The van der Waals surface area contributed by atoms with Gasteiger partial charge in [0.1, 0.15) is 6.04 Å². The Morgan fingerprint density at radius 2 is 1.77 bits per heavy atom. The Morgan fingerprint density at radius 1 is 0.943 bits per heavy atom. The number of rotatable bonds is 5. The number of nitrogens with one attached hydrogen (secondary N) is 1. The Hall–Kier alpha value is -4.36. The quantitative estimate of drug-likeness (QED) is 0.353. The van der Waals surface area contributed by atoms with E-state index in [-0.39, 0.29) is 11.8 Å². The van der Waals surface area contributed by atoms with Crippen molar-refractivity contribution in [3.05, 3.63) is 113 Å². The summed E-state index contributed by atoms with van der Waals surface area (Å²) in [5, 5.41) is 6.21. The van der Waals surface area contributed by atoms with Gasteiger partial charge in [-0.15, -0.1) is 11.3 Å². The van der Waals surface area contributed by atoms with E-state index in [1.807, 2.05) is 79.0 Å². The molecule has 1 atom stereocenters. The van der Waals surface area contributed by atoms with Crippen LogP contribution in [0.4, 0.5) is 5.13 Å². The predicted octanol–water partition coefficient (Wildman–Crippen LogP) is 5.69. The Morgan fingerprint density at radius 3 is 2.60 bits per heavy atom. The predicted molar refractivity (Wildman–Crippen MR) is 137 cm³/mol. The molecule has 2 amide bonds. The molecule has 170 valence electrons. The average Bonchev–Trinajstić information content (AvgIpc) is 3.52. The Bertz CT molecular complexity index is 1550. The lowest BCUT2D eigenvalue weighted by atomic mass is 10.0. The van der Waals surface area contributed by atoms with Crippen LogP contribution in [-0.2, 0) is 11.3 Å². The van der Waals surface area contributed by atoms with Crippen LogP contribution in [-0.4, -0.2) is 26.7 Å². The van der Waals surface area contributed by atoms with Gasteiger partial charge in [-0.1, -0.05) is 60.7 Å². The van der Waals surface area contributed by atoms with Gasteiger partial charge in [0.05, 0.1) is 5.52 Å². The van der Waals surface area contributed by atoms with Gasteiger partial charge in [-0.05, 0) is 34.9 Å². The molecule has 5 aromatic rings. The SMILES string of the molecule is O=C(Nc1nccs1)[C@@H](c1ccccc1)N1Cc2ccc(-c3cnc4ccccc4c3)cc2C1=O. The first-order valence-corrected chi connectivity index (χ1v) is 12.1. The molecule has 0 radical (unpaired) electrons. The summed E-state index contributed by atoms with van der Waals surface area (Å²) in [5.74, 6) is -0.454. The number of thiazole rings is 1. The number of fused-ring (bicyclic) bond motifs is 2. The fourth-order valence-corrected chi connectivity index (χ4v) is 5.04. The first-order valence-electron chi connectivity index (χ1n) is 11.2. The van der Waals surface area contributed by atoms with Gasteiger partial charge in [0.15, 0.2) is 5.13 Å². The van der Waals surface area contributed by atoms with Crippen molar-refractivity contribution in [3.63, 3.8) is 0 Å². The molecule has 0 saturated carbocycles. The molecule has 6 rings (SSSR count). The van der Waals surface area contributed by atoms with Gasteiger partial charge in [-0.25, -0.2) is 4.98 Å². The van der Waals surface area contributed by atoms with Gasteiger partial charge in [-0.3, -0.25) is 19.9 Å². The normalized spacial score (nSPS) is 13.6. The molecule has 0 unspecified atom stereocenters. The third kappa shape index (κ3) is 3.96. The molecule has 35 heavy (non-hydrogen) atoms. The lowest BCUT2D eigenvalue weighted by molar-refractivity contribution is -0.120. The molecule has 1 N–H and O–H groups in total. The smallest absolute Gasteiger partial charge is 0.255 e. The second-order valence-electron chi connectivity index (χ2n) is 8.36. The molecular weight excluding hydrogens is 456 g/mol. The van der Waals surface area contributed by atoms with Crippen LogP contribution < -0.4 is 5.32 Å². The zero-order valence-electron chi connectivity index (χ0n) is 18.6. The van der Waals surface area contributed by atoms with E-state index in [1.165, 1.54) is 11.3 Å². The Balaban J connectivity index is 1.34. The highest BCUT2D eigenvalue weighted by molar-refractivity contribution is 7.13. The fraction of sp³-hybridized carbons (Fsp3) is 0.0714. The summed E-state index contributed by atoms with van der Waals surface area (Å²) in [6.45, 7) is 0.356. The van der Waals surface area contributed by atoms with Gasteiger partial charge in [0.25, 0.3) is 11.8 Å². The van der Waals surface area contributed by atoms with Crippen molar-refractivity contribution in [2.45, 2.75) is 12.6 Å². The molecule has 6 nitrogen and oxygen atoms in total. The topological polar surface area (TPSA) is 75.2 Å². The van der Waals surface area contributed by atoms with E-state index in [2.05, 4.69) is 21.4 Å². The highest BCUT2D eigenvalue weighted by atomic mass is 32.1. The summed E-state index contributed by atoms with van der Waals surface area (Å²) >= 11 is 1.34. The van der Waals surface area contributed by atoms with Crippen molar-refractivity contribution < 1.29 is 9.59 Å². The van der Waals surface area contributed by atoms with E-state index in [4.69, 9.17) is 0 Å². The average molecular weight is 477 g/mol. The number of nitrogens with zero attached hydrogens (tertiary/aromatic N) is 3. The Labute approximate surface area is 205 Å². The monoisotopic (exact) mass is 476 g/mol. The highest BCUT2D eigenvalue weighted by Crippen LogP contribution is 2.35. The van der Waals surface area contributed by atoms with Crippen LogP contribution >= 0.6 is 11.3 Å². The molecule has 0 saturated heterocycles.